The summed E-state index contributed by atoms with van der Waals surface area (Å²) < 4.78 is 7.23. The topological polar surface area (TPSA) is 77.2 Å². The van der Waals surface area contributed by atoms with Crippen LogP contribution >= 0.6 is 0 Å². The predicted molar refractivity (Wildman–Crippen MR) is 77.7 cm³/mol. The first-order valence-electron chi connectivity index (χ1n) is 6.85. The standard InChI is InChI=1S/C15H19N3O3/c1-10(2)12-5-4-6-13(9-12)21-8-7-18-11(3)14(15(19)20)16-17-18/h4-6,9-10H,7-8H2,1-3H3,(H,19,20). The number of carbonyl (C=O) groups is 1. The second-order valence-electron chi connectivity index (χ2n) is 5.13. The van der Waals surface area contributed by atoms with Crippen LogP contribution in [-0.2, 0) is 6.54 Å². The Morgan fingerprint density at radius 3 is 2.81 bits per heavy atom. The van der Waals surface area contributed by atoms with E-state index in [0.29, 0.717) is 24.8 Å². The molecule has 0 unspecified atom stereocenters. The fourth-order valence-electron chi connectivity index (χ4n) is 1.98. The molecule has 0 bridgehead atoms. The van der Waals surface area contributed by atoms with Crippen molar-refractivity contribution in [1.82, 2.24) is 15.0 Å². The van der Waals surface area contributed by atoms with Gasteiger partial charge in [0.2, 0.25) is 0 Å². The second-order valence-corrected chi connectivity index (χ2v) is 5.13. The van der Waals surface area contributed by atoms with E-state index in [1.165, 1.54) is 10.2 Å². The van der Waals surface area contributed by atoms with Gasteiger partial charge in [0.05, 0.1) is 12.2 Å². The van der Waals surface area contributed by atoms with Gasteiger partial charge in [-0.05, 0) is 30.5 Å². The highest BCUT2D eigenvalue weighted by Gasteiger charge is 2.14. The van der Waals surface area contributed by atoms with Gasteiger partial charge in [-0.3, -0.25) is 0 Å². The van der Waals surface area contributed by atoms with E-state index in [0.717, 1.165) is 5.75 Å². The molecule has 0 saturated heterocycles. The van der Waals surface area contributed by atoms with Crippen LogP contribution in [0.4, 0.5) is 0 Å². The minimum atomic E-state index is -1.07. The quantitative estimate of drug-likeness (QED) is 0.884. The zero-order valence-corrected chi connectivity index (χ0v) is 12.4. The summed E-state index contributed by atoms with van der Waals surface area (Å²) in [4.78, 5) is 10.9. The van der Waals surface area contributed by atoms with E-state index in [9.17, 15) is 4.79 Å². The molecule has 0 saturated carbocycles. The number of nitrogens with zero attached hydrogens (tertiary/aromatic N) is 3. The van der Waals surface area contributed by atoms with Crippen molar-refractivity contribution >= 4 is 5.97 Å². The number of aromatic carboxylic acids is 1. The van der Waals surface area contributed by atoms with E-state index >= 15 is 0 Å². The monoisotopic (exact) mass is 289 g/mol. The molecular formula is C15H19N3O3. The van der Waals surface area contributed by atoms with Gasteiger partial charge >= 0.3 is 5.97 Å². The molecule has 0 aliphatic rings. The molecule has 112 valence electrons. The van der Waals surface area contributed by atoms with Crippen molar-refractivity contribution in [3.8, 4) is 5.75 Å². The van der Waals surface area contributed by atoms with Crippen LogP contribution in [-0.4, -0.2) is 32.7 Å². The van der Waals surface area contributed by atoms with Crippen LogP contribution in [0.25, 0.3) is 0 Å². The molecule has 0 fully saturated rings. The summed E-state index contributed by atoms with van der Waals surface area (Å²) in [6.45, 7) is 6.81. The summed E-state index contributed by atoms with van der Waals surface area (Å²) in [6, 6.07) is 7.95. The minimum absolute atomic E-state index is 0.0168. The van der Waals surface area contributed by atoms with E-state index in [1.54, 1.807) is 6.92 Å². The lowest BCUT2D eigenvalue weighted by molar-refractivity contribution is 0.0689. The van der Waals surface area contributed by atoms with Crippen molar-refractivity contribution in [3.05, 3.63) is 41.2 Å². The van der Waals surface area contributed by atoms with Crippen molar-refractivity contribution in [1.29, 1.82) is 0 Å². The van der Waals surface area contributed by atoms with Gasteiger partial charge in [-0.15, -0.1) is 5.10 Å². The molecule has 1 heterocycles. The van der Waals surface area contributed by atoms with E-state index < -0.39 is 5.97 Å². The van der Waals surface area contributed by atoms with Crippen molar-refractivity contribution in [2.45, 2.75) is 33.2 Å². The van der Waals surface area contributed by atoms with Gasteiger partial charge < -0.3 is 9.84 Å². The van der Waals surface area contributed by atoms with E-state index in [-0.39, 0.29) is 5.69 Å². The molecule has 0 radical (unpaired) electrons. The summed E-state index contributed by atoms with van der Waals surface area (Å²) in [6.07, 6.45) is 0. The van der Waals surface area contributed by atoms with Gasteiger partial charge in [0, 0.05) is 0 Å². The molecule has 0 amide bonds. The minimum Gasteiger partial charge on any atom is -0.492 e. The highest BCUT2D eigenvalue weighted by molar-refractivity contribution is 5.86. The Morgan fingerprint density at radius 2 is 2.19 bits per heavy atom. The van der Waals surface area contributed by atoms with E-state index in [4.69, 9.17) is 9.84 Å². The van der Waals surface area contributed by atoms with Crippen LogP contribution in [0.3, 0.4) is 0 Å². The Morgan fingerprint density at radius 1 is 1.43 bits per heavy atom. The maximum Gasteiger partial charge on any atom is 0.358 e. The van der Waals surface area contributed by atoms with Crippen LogP contribution in [0.5, 0.6) is 5.75 Å². The van der Waals surface area contributed by atoms with Crippen LogP contribution < -0.4 is 4.74 Å². The smallest absolute Gasteiger partial charge is 0.358 e. The number of hydrogen-bond donors (Lipinski definition) is 1. The Balaban J connectivity index is 1.95. The summed E-state index contributed by atoms with van der Waals surface area (Å²) in [7, 11) is 0. The molecule has 2 rings (SSSR count). The molecule has 1 aromatic carbocycles. The first-order valence-corrected chi connectivity index (χ1v) is 6.85. The number of carboxylic acids is 1. The van der Waals surface area contributed by atoms with Crippen molar-refractivity contribution in [2.24, 2.45) is 0 Å². The van der Waals surface area contributed by atoms with Crippen LogP contribution in [0.2, 0.25) is 0 Å². The third-order valence-electron chi connectivity index (χ3n) is 3.28. The van der Waals surface area contributed by atoms with Crippen LogP contribution in [0.15, 0.2) is 24.3 Å². The molecule has 0 spiro atoms. The number of ether oxygens (including phenoxy) is 1. The third kappa shape index (κ3) is 3.59. The van der Waals surface area contributed by atoms with Crippen molar-refractivity contribution < 1.29 is 14.6 Å². The average Bonchev–Trinajstić information content (AvgIpc) is 2.81. The summed E-state index contributed by atoms with van der Waals surface area (Å²) in [5.41, 5.74) is 1.73. The maximum atomic E-state index is 10.9. The van der Waals surface area contributed by atoms with E-state index in [1.807, 2.05) is 18.2 Å². The molecule has 2 aromatic rings. The lowest BCUT2D eigenvalue weighted by Crippen LogP contribution is -2.11. The summed E-state index contributed by atoms with van der Waals surface area (Å²) in [5.74, 6) is 0.186. The van der Waals surface area contributed by atoms with Gasteiger partial charge in [0.15, 0.2) is 5.69 Å². The highest BCUT2D eigenvalue weighted by Crippen LogP contribution is 2.20. The second kappa shape index (κ2) is 6.39. The number of benzene rings is 1. The summed E-state index contributed by atoms with van der Waals surface area (Å²) >= 11 is 0. The Hall–Kier alpha value is -2.37. The lowest BCUT2D eigenvalue weighted by atomic mass is 10.0. The van der Waals surface area contributed by atoms with Crippen molar-refractivity contribution in [2.75, 3.05) is 6.61 Å². The highest BCUT2D eigenvalue weighted by atomic mass is 16.5. The maximum absolute atomic E-state index is 10.9. The van der Waals surface area contributed by atoms with Gasteiger partial charge in [0.25, 0.3) is 0 Å². The first kappa shape index (κ1) is 15.0. The fraction of sp³-hybridized carbons (Fsp3) is 0.400. The molecular weight excluding hydrogens is 270 g/mol. The van der Waals surface area contributed by atoms with Crippen molar-refractivity contribution in [3.63, 3.8) is 0 Å². The molecule has 1 N–H and O–H groups in total. The number of carboxylic acid groups (broad SMARTS) is 1. The fourth-order valence-corrected chi connectivity index (χ4v) is 1.98. The number of aromatic nitrogens is 3. The first-order chi connectivity index (χ1) is 9.99. The van der Waals surface area contributed by atoms with E-state index in [2.05, 4.69) is 30.2 Å². The molecule has 6 nitrogen and oxygen atoms in total. The normalized spacial score (nSPS) is 10.9. The largest absolute Gasteiger partial charge is 0.492 e. The molecule has 6 heteroatoms. The number of rotatable bonds is 6. The van der Waals surface area contributed by atoms with Gasteiger partial charge in [0.1, 0.15) is 12.4 Å². The lowest BCUT2D eigenvalue weighted by Gasteiger charge is -2.10. The summed E-state index contributed by atoms with van der Waals surface area (Å²) in [5, 5.41) is 16.4. The molecule has 0 aliphatic heterocycles. The zero-order chi connectivity index (χ0) is 15.4. The zero-order valence-electron chi connectivity index (χ0n) is 12.4. The Bertz CT molecular complexity index is 635. The number of hydrogen-bond acceptors (Lipinski definition) is 4. The Kier molecular flexibility index (Phi) is 4.57. The van der Waals surface area contributed by atoms with Gasteiger partial charge in [-0.1, -0.05) is 31.2 Å². The molecule has 0 atom stereocenters. The van der Waals surface area contributed by atoms with Crippen LogP contribution in [0.1, 0.15) is 41.5 Å². The van der Waals surface area contributed by atoms with Gasteiger partial charge in [-0.25, -0.2) is 9.48 Å². The SMILES string of the molecule is Cc1c(C(=O)O)nnn1CCOc1cccc(C(C)C)c1. The molecule has 21 heavy (non-hydrogen) atoms. The third-order valence-corrected chi connectivity index (χ3v) is 3.28. The van der Waals surface area contributed by atoms with Crippen LogP contribution in [0, 0.1) is 6.92 Å². The predicted octanol–water partition coefficient (Wildman–Crippen LogP) is 2.49. The average molecular weight is 289 g/mol. The molecule has 1 aromatic heterocycles. The van der Waals surface area contributed by atoms with Gasteiger partial charge in [-0.2, -0.15) is 0 Å². The molecule has 0 aliphatic carbocycles. The Labute approximate surface area is 123 Å².